The maximum Gasteiger partial charge on any atom is 0.307 e. The molecule has 31 heavy (non-hydrogen) atoms. The summed E-state index contributed by atoms with van der Waals surface area (Å²) >= 11 is 5.88. The molecule has 1 heterocycles. The number of amides is 1. The summed E-state index contributed by atoms with van der Waals surface area (Å²) in [7, 11) is 1.52. The number of hydrogen-bond acceptors (Lipinski definition) is 7. The van der Waals surface area contributed by atoms with Gasteiger partial charge in [0.15, 0.2) is 11.5 Å². The molecule has 0 atom stereocenters. The van der Waals surface area contributed by atoms with Crippen molar-refractivity contribution in [3.8, 4) is 11.5 Å². The Morgan fingerprint density at radius 1 is 1.29 bits per heavy atom. The van der Waals surface area contributed by atoms with Crippen molar-refractivity contribution in [2.24, 2.45) is 5.10 Å². The molecule has 0 aliphatic rings. The van der Waals surface area contributed by atoms with Gasteiger partial charge in [-0.25, -0.2) is 5.43 Å². The van der Waals surface area contributed by atoms with Crippen molar-refractivity contribution in [1.29, 1.82) is 0 Å². The number of nitrogens with one attached hydrogen (secondary N) is 1. The molecule has 0 fully saturated rings. The van der Waals surface area contributed by atoms with E-state index in [4.69, 9.17) is 21.1 Å². The van der Waals surface area contributed by atoms with Gasteiger partial charge in [0.05, 0.1) is 18.2 Å². The van der Waals surface area contributed by atoms with E-state index in [0.717, 1.165) is 22.6 Å². The van der Waals surface area contributed by atoms with Crippen molar-refractivity contribution in [2.75, 3.05) is 7.11 Å². The number of halogens is 1. The average molecular weight is 444 g/mol. The fourth-order valence-corrected chi connectivity index (χ4v) is 2.65. The molecular formula is C20H18ClN5O5. The summed E-state index contributed by atoms with van der Waals surface area (Å²) in [6.07, 6.45) is 3.67. The molecule has 1 amide bonds. The van der Waals surface area contributed by atoms with Gasteiger partial charge in [-0.05, 0) is 41.5 Å². The van der Waals surface area contributed by atoms with Gasteiger partial charge in [0.25, 0.3) is 5.91 Å². The van der Waals surface area contributed by atoms with Crippen LogP contribution < -0.4 is 14.9 Å². The van der Waals surface area contributed by atoms with E-state index in [1.807, 2.05) is 12.1 Å². The minimum atomic E-state index is -0.588. The van der Waals surface area contributed by atoms with E-state index in [1.165, 1.54) is 13.3 Å². The normalized spacial score (nSPS) is 10.8. The second-order valence-corrected chi connectivity index (χ2v) is 6.71. The molecule has 0 radical (unpaired) electrons. The van der Waals surface area contributed by atoms with E-state index >= 15 is 0 Å². The van der Waals surface area contributed by atoms with Crippen molar-refractivity contribution in [3.05, 3.63) is 81.1 Å². The van der Waals surface area contributed by atoms with Crippen LogP contribution in [0.25, 0.3) is 0 Å². The summed E-state index contributed by atoms with van der Waals surface area (Å²) in [4.78, 5) is 21.9. The van der Waals surface area contributed by atoms with Crippen LogP contribution in [-0.2, 0) is 17.9 Å². The number of hydrazone groups is 1. The Balaban J connectivity index is 1.55. The van der Waals surface area contributed by atoms with Crippen LogP contribution in [0.3, 0.4) is 0 Å². The first-order valence-corrected chi connectivity index (χ1v) is 9.36. The predicted octanol–water partition coefficient (Wildman–Crippen LogP) is 3.18. The van der Waals surface area contributed by atoms with Gasteiger partial charge in [0.2, 0.25) is 0 Å². The number of ether oxygens (including phenoxy) is 2. The fraction of sp³-hybridized carbons (Fsp3) is 0.150. The van der Waals surface area contributed by atoms with Gasteiger partial charge in [0.1, 0.15) is 25.5 Å². The number of methoxy groups -OCH3 is 1. The summed E-state index contributed by atoms with van der Waals surface area (Å²) in [5.41, 5.74) is 3.78. The highest BCUT2D eigenvalue weighted by Crippen LogP contribution is 2.28. The quantitative estimate of drug-likeness (QED) is 0.308. The first-order valence-electron chi connectivity index (χ1n) is 8.98. The van der Waals surface area contributed by atoms with E-state index in [9.17, 15) is 14.9 Å². The number of nitrogens with zero attached hydrogens (tertiary/aromatic N) is 4. The van der Waals surface area contributed by atoms with Gasteiger partial charge in [-0.15, -0.1) is 0 Å². The molecule has 1 aromatic heterocycles. The summed E-state index contributed by atoms with van der Waals surface area (Å²) in [6, 6.07) is 12.5. The number of aromatic nitrogens is 2. The highest BCUT2D eigenvalue weighted by atomic mass is 35.5. The van der Waals surface area contributed by atoms with Crippen LogP contribution in [0, 0.1) is 10.1 Å². The van der Waals surface area contributed by atoms with Gasteiger partial charge in [0, 0.05) is 5.02 Å². The number of rotatable bonds is 9. The second kappa shape index (κ2) is 10.2. The molecule has 3 aromatic rings. The van der Waals surface area contributed by atoms with Gasteiger partial charge in [-0.3, -0.25) is 19.6 Å². The smallest absolute Gasteiger partial charge is 0.307 e. The van der Waals surface area contributed by atoms with Gasteiger partial charge in [-0.1, -0.05) is 23.7 Å². The molecule has 160 valence electrons. The van der Waals surface area contributed by atoms with Crippen LogP contribution in [0.2, 0.25) is 5.02 Å². The summed E-state index contributed by atoms with van der Waals surface area (Å²) in [5, 5.41) is 18.9. The number of hydrogen-bond donors (Lipinski definition) is 1. The van der Waals surface area contributed by atoms with Crippen molar-refractivity contribution in [3.63, 3.8) is 0 Å². The van der Waals surface area contributed by atoms with E-state index in [0.29, 0.717) is 28.7 Å². The number of carbonyl (C=O) groups excluding carboxylic acids is 1. The van der Waals surface area contributed by atoms with Gasteiger partial charge < -0.3 is 9.47 Å². The van der Waals surface area contributed by atoms with Crippen LogP contribution in [0.4, 0.5) is 5.69 Å². The Kier molecular flexibility index (Phi) is 7.17. The zero-order chi connectivity index (χ0) is 22.2. The van der Waals surface area contributed by atoms with E-state index in [1.54, 1.807) is 30.3 Å². The Morgan fingerprint density at radius 2 is 2.06 bits per heavy atom. The largest absolute Gasteiger partial charge is 0.493 e. The Hall–Kier alpha value is -3.92. The van der Waals surface area contributed by atoms with Crippen LogP contribution >= 0.6 is 11.6 Å². The minimum absolute atomic E-state index is 0.193. The van der Waals surface area contributed by atoms with E-state index in [2.05, 4.69) is 15.6 Å². The molecule has 10 nitrogen and oxygen atoms in total. The number of nitro groups is 1. The van der Waals surface area contributed by atoms with Crippen molar-refractivity contribution in [2.45, 2.75) is 13.2 Å². The van der Waals surface area contributed by atoms with Crippen molar-refractivity contribution < 1.29 is 19.2 Å². The van der Waals surface area contributed by atoms with Crippen LogP contribution in [0.1, 0.15) is 11.1 Å². The zero-order valence-electron chi connectivity index (χ0n) is 16.4. The molecule has 11 heteroatoms. The molecule has 0 bridgehead atoms. The van der Waals surface area contributed by atoms with Crippen molar-refractivity contribution in [1.82, 2.24) is 15.2 Å². The Morgan fingerprint density at radius 3 is 2.74 bits per heavy atom. The average Bonchev–Trinajstić information content (AvgIpc) is 3.22. The fourth-order valence-electron chi connectivity index (χ4n) is 2.52. The molecule has 0 spiro atoms. The molecule has 0 aliphatic carbocycles. The molecule has 2 aromatic carbocycles. The lowest BCUT2D eigenvalue weighted by Gasteiger charge is -2.11. The minimum Gasteiger partial charge on any atom is -0.493 e. The highest BCUT2D eigenvalue weighted by molar-refractivity contribution is 6.30. The van der Waals surface area contributed by atoms with Gasteiger partial charge in [-0.2, -0.15) is 10.2 Å². The highest BCUT2D eigenvalue weighted by Gasteiger charge is 2.11. The molecule has 0 saturated carbocycles. The molecule has 0 unspecified atom stereocenters. The summed E-state index contributed by atoms with van der Waals surface area (Å²) in [6.45, 7) is 0.147. The van der Waals surface area contributed by atoms with Crippen LogP contribution in [0.5, 0.6) is 11.5 Å². The lowest BCUT2D eigenvalue weighted by molar-refractivity contribution is -0.385. The molecule has 3 rings (SSSR count). The zero-order valence-corrected chi connectivity index (χ0v) is 17.2. The lowest BCUT2D eigenvalue weighted by Crippen LogP contribution is -2.23. The molecule has 0 aliphatic heterocycles. The van der Waals surface area contributed by atoms with E-state index < -0.39 is 10.8 Å². The Bertz CT molecular complexity index is 1100. The SMILES string of the molecule is COc1cc(C=NNC(=O)Cn2cc([N+](=O)[O-])cn2)ccc1OCc1ccc(Cl)cc1. The number of carbonyl (C=O) groups is 1. The lowest BCUT2D eigenvalue weighted by atomic mass is 10.2. The maximum atomic E-state index is 11.9. The van der Waals surface area contributed by atoms with Crippen LogP contribution in [0.15, 0.2) is 60.0 Å². The van der Waals surface area contributed by atoms with Gasteiger partial charge >= 0.3 is 5.69 Å². The maximum absolute atomic E-state index is 11.9. The van der Waals surface area contributed by atoms with Crippen LogP contribution in [-0.4, -0.2) is 33.9 Å². The van der Waals surface area contributed by atoms with Crippen molar-refractivity contribution >= 4 is 29.4 Å². The third kappa shape index (κ3) is 6.28. The Labute approximate surface area is 182 Å². The molecule has 1 N–H and O–H groups in total. The topological polar surface area (TPSA) is 121 Å². The second-order valence-electron chi connectivity index (χ2n) is 6.27. The summed E-state index contributed by atoms with van der Waals surface area (Å²) in [5.74, 6) is 0.580. The molecular weight excluding hydrogens is 426 g/mol. The molecule has 0 saturated heterocycles. The first kappa shape index (κ1) is 21.8. The first-order chi connectivity index (χ1) is 14.9. The predicted molar refractivity (Wildman–Crippen MR) is 113 cm³/mol. The van der Waals surface area contributed by atoms with E-state index in [-0.39, 0.29) is 12.2 Å². The monoisotopic (exact) mass is 443 g/mol. The number of benzene rings is 2. The summed E-state index contributed by atoms with van der Waals surface area (Å²) < 4.78 is 12.3. The third-order valence-corrected chi connectivity index (χ3v) is 4.29. The standard InChI is InChI=1S/C20H18ClN5O5/c1-30-19-8-15(4-7-18(19)31-13-14-2-5-16(21)6-3-14)9-22-24-20(27)12-25-11-17(10-23-25)26(28)29/h2-11H,12-13H2,1H3,(H,24,27). The third-order valence-electron chi connectivity index (χ3n) is 4.03.